The van der Waals surface area contributed by atoms with Crippen LogP contribution in [0.5, 0.6) is 0 Å². The Bertz CT molecular complexity index is 485. The maximum atomic E-state index is 12.5. The molecule has 21 heavy (non-hydrogen) atoms. The lowest BCUT2D eigenvalue weighted by atomic mass is 9.92. The Labute approximate surface area is 127 Å². The Kier molecular flexibility index (Phi) is 5.37. The minimum Gasteiger partial charge on any atom is -0.465 e. The normalized spacial score (nSPS) is 17.5. The molecule has 0 aromatic heterocycles. The number of nitrogens with one attached hydrogen (secondary N) is 1. The molecule has 0 radical (unpaired) electrons. The Morgan fingerprint density at radius 2 is 1.81 bits per heavy atom. The molecule has 0 bridgehead atoms. The van der Waals surface area contributed by atoms with Gasteiger partial charge < -0.3 is 10.1 Å². The van der Waals surface area contributed by atoms with Gasteiger partial charge in [-0.3, -0.25) is 4.90 Å². The van der Waals surface area contributed by atoms with Crippen molar-refractivity contribution in [1.29, 1.82) is 0 Å². The van der Waals surface area contributed by atoms with Crippen molar-refractivity contribution in [1.82, 2.24) is 10.2 Å². The van der Waals surface area contributed by atoms with Crippen LogP contribution in [0.3, 0.4) is 0 Å². The van der Waals surface area contributed by atoms with Gasteiger partial charge >= 0.3 is 5.97 Å². The highest BCUT2D eigenvalue weighted by Crippen LogP contribution is 2.29. The van der Waals surface area contributed by atoms with E-state index in [1.165, 1.54) is 16.7 Å². The van der Waals surface area contributed by atoms with Gasteiger partial charge in [0.25, 0.3) is 0 Å². The molecule has 0 saturated carbocycles. The quantitative estimate of drug-likeness (QED) is 0.863. The molecule has 1 atom stereocenters. The number of carbonyl (C=O) groups excluding carboxylic acids is 1. The Hall–Kier alpha value is -1.39. The topological polar surface area (TPSA) is 41.6 Å². The van der Waals surface area contributed by atoms with Crippen molar-refractivity contribution >= 4 is 5.97 Å². The van der Waals surface area contributed by atoms with Gasteiger partial charge in [-0.1, -0.05) is 17.7 Å². The molecule has 116 valence electrons. The molecule has 1 N–H and O–H groups in total. The van der Waals surface area contributed by atoms with Crippen LogP contribution in [0.15, 0.2) is 12.1 Å². The van der Waals surface area contributed by atoms with E-state index in [9.17, 15) is 4.79 Å². The zero-order valence-corrected chi connectivity index (χ0v) is 13.5. The van der Waals surface area contributed by atoms with E-state index < -0.39 is 0 Å². The van der Waals surface area contributed by atoms with Crippen molar-refractivity contribution in [2.24, 2.45) is 0 Å². The van der Waals surface area contributed by atoms with Crippen molar-refractivity contribution in [3.05, 3.63) is 34.4 Å². The second-order valence-corrected chi connectivity index (χ2v) is 5.75. The third-order valence-electron chi connectivity index (χ3n) is 4.04. The third-order valence-corrected chi connectivity index (χ3v) is 4.04. The van der Waals surface area contributed by atoms with Crippen LogP contribution in [-0.4, -0.2) is 43.7 Å². The van der Waals surface area contributed by atoms with Crippen molar-refractivity contribution in [3.8, 4) is 0 Å². The lowest BCUT2D eigenvalue weighted by molar-refractivity contribution is -0.150. The number of rotatable bonds is 4. The molecule has 0 spiro atoms. The van der Waals surface area contributed by atoms with E-state index in [-0.39, 0.29) is 12.0 Å². The van der Waals surface area contributed by atoms with Crippen LogP contribution in [0.2, 0.25) is 0 Å². The summed E-state index contributed by atoms with van der Waals surface area (Å²) in [6, 6.07) is 4.01. The van der Waals surface area contributed by atoms with E-state index in [1.807, 2.05) is 6.92 Å². The van der Waals surface area contributed by atoms with Gasteiger partial charge in [-0.25, -0.2) is 4.79 Å². The number of hydrogen-bond donors (Lipinski definition) is 1. The number of aryl methyl sites for hydroxylation is 3. The summed E-state index contributed by atoms with van der Waals surface area (Å²) in [6.07, 6.45) is 0. The summed E-state index contributed by atoms with van der Waals surface area (Å²) in [4.78, 5) is 14.8. The first-order valence-corrected chi connectivity index (χ1v) is 7.73. The van der Waals surface area contributed by atoms with E-state index in [2.05, 4.69) is 43.1 Å². The van der Waals surface area contributed by atoms with Crippen LogP contribution < -0.4 is 5.32 Å². The molecular formula is C17H26N2O2. The van der Waals surface area contributed by atoms with E-state index in [4.69, 9.17) is 4.74 Å². The zero-order chi connectivity index (χ0) is 15.4. The fourth-order valence-electron chi connectivity index (χ4n) is 3.23. The standard InChI is InChI=1S/C17H26N2O2/c1-5-21-17(20)16(19-8-6-18-7-9-19)15-13(3)10-12(2)11-14(15)4/h10-11,16,18H,5-9H2,1-4H3. The molecule has 1 aliphatic heterocycles. The maximum Gasteiger partial charge on any atom is 0.328 e. The van der Waals surface area contributed by atoms with Crippen LogP contribution in [0.1, 0.15) is 35.2 Å². The van der Waals surface area contributed by atoms with Gasteiger partial charge in [-0.2, -0.15) is 0 Å². The number of esters is 1. The predicted molar refractivity (Wildman–Crippen MR) is 84.5 cm³/mol. The predicted octanol–water partition coefficient (Wildman–Crippen LogP) is 2.12. The SMILES string of the molecule is CCOC(=O)C(c1c(C)cc(C)cc1C)N1CCNCC1. The van der Waals surface area contributed by atoms with E-state index in [0.29, 0.717) is 6.61 Å². The molecule has 1 heterocycles. The van der Waals surface area contributed by atoms with E-state index in [1.54, 1.807) is 0 Å². The van der Waals surface area contributed by atoms with Crippen LogP contribution >= 0.6 is 0 Å². The highest BCUT2D eigenvalue weighted by Gasteiger charge is 2.32. The molecule has 4 nitrogen and oxygen atoms in total. The minimum atomic E-state index is -0.285. The smallest absolute Gasteiger partial charge is 0.328 e. The Morgan fingerprint density at radius 3 is 2.33 bits per heavy atom. The second-order valence-electron chi connectivity index (χ2n) is 5.75. The first-order valence-electron chi connectivity index (χ1n) is 7.73. The lowest BCUT2D eigenvalue weighted by Gasteiger charge is -2.35. The van der Waals surface area contributed by atoms with Gasteiger partial charge in [0.15, 0.2) is 0 Å². The van der Waals surface area contributed by atoms with Crippen LogP contribution in [0.25, 0.3) is 0 Å². The second kappa shape index (κ2) is 7.05. The highest BCUT2D eigenvalue weighted by molar-refractivity contribution is 5.79. The fourth-order valence-corrected chi connectivity index (χ4v) is 3.23. The van der Waals surface area contributed by atoms with Crippen molar-refractivity contribution in [2.45, 2.75) is 33.7 Å². The van der Waals surface area contributed by atoms with Crippen molar-refractivity contribution in [2.75, 3.05) is 32.8 Å². The third kappa shape index (κ3) is 3.63. The summed E-state index contributed by atoms with van der Waals surface area (Å²) in [5, 5.41) is 3.34. The van der Waals surface area contributed by atoms with Gasteiger partial charge in [-0.05, 0) is 44.4 Å². The lowest BCUT2D eigenvalue weighted by Crippen LogP contribution is -2.47. The summed E-state index contributed by atoms with van der Waals surface area (Å²) in [5.41, 5.74) is 4.69. The molecule has 1 aromatic rings. The van der Waals surface area contributed by atoms with Crippen LogP contribution in [-0.2, 0) is 9.53 Å². The Balaban J connectivity index is 2.41. The largest absolute Gasteiger partial charge is 0.465 e. The summed E-state index contributed by atoms with van der Waals surface area (Å²) in [6.45, 7) is 12.1. The number of piperazine rings is 1. The number of carbonyl (C=O) groups is 1. The number of hydrogen-bond acceptors (Lipinski definition) is 4. The average molecular weight is 290 g/mol. The van der Waals surface area contributed by atoms with E-state index in [0.717, 1.165) is 31.7 Å². The Morgan fingerprint density at radius 1 is 1.24 bits per heavy atom. The maximum absolute atomic E-state index is 12.5. The highest BCUT2D eigenvalue weighted by atomic mass is 16.5. The van der Waals surface area contributed by atoms with Gasteiger partial charge in [0.1, 0.15) is 6.04 Å². The number of nitrogens with zero attached hydrogens (tertiary/aromatic N) is 1. The molecular weight excluding hydrogens is 264 g/mol. The van der Waals surface area contributed by atoms with Gasteiger partial charge in [0, 0.05) is 26.2 Å². The molecule has 0 amide bonds. The summed E-state index contributed by atoms with van der Waals surface area (Å²) in [7, 11) is 0. The van der Waals surface area contributed by atoms with Gasteiger partial charge in [-0.15, -0.1) is 0 Å². The molecule has 4 heteroatoms. The minimum absolute atomic E-state index is 0.130. The first-order chi connectivity index (χ1) is 10.0. The van der Waals surface area contributed by atoms with Gasteiger partial charge in [0.05, 0.1) is 6.61 Å². The molecule has 0 aliphatic carbocycles. The van der Waals surface area contributed by atoms with Crippen LogP contribution in [0.4, 0.5) is 0 Å². The summed E-state index contributed by atoms with van der Waals surface area (Å²) >= 11 is 0. The molecule has 1 aliphatic rings. The molecule has 1 unspecified atom stereocenters. The number of benzene rings is 1. The average Bonchev–Trinajstić information content (AvgIpc) is 2.43. The van der Waals surface area contributed by atoms with Gasteiger partial charge in [0.2, 0.25) is 0 Å². The number of ether oxygens (including phenoxy) is 1. The monoisotopic (exact) mass is 290 g/mol. The van der Waals surface area contributed by atoms with Crippen molar-refractivity contribution in [3.63, 3.8) is 0 Å². The van der Waals surface area contributed by atoms with Crippen LogP contribution in [0, 0.1) is 20.8 Å². The van der Waals surface area contributed by atoms with Crippen molar-refractivity contribution < 1.29 is 9.53 Å². The first kappa shape index (κ1) is 16.0. The summed E-state index contributed by atoms with van der Waals surface area (Å²) < 4.78 is 5.35. The van der Waals surface area contributed by atoms with E-state index >= 15 is 0 Å². The molecule has 1 fully saturated rings. The fraction of sp³-hybridized carbons (Fsp3) is 0.588. The molecule has 2 rings (SSSR count). The summed E-state index contributed by atoms with van der Waals surface area (Å²) in [5.74, 6) is -0.130. The molecule has 1 aromatic carbocycles. The zero-order valence-electron chi connectivity index (χ0n) is 13.5. The molecule has 1 saturated heterocycles.